The van der Waals surface area contributed by atoms with Crippen molar-refractivity contribution in [3.05, 3.63) is 60.2 Å². The van der Waals surface area contributed by atoms with Crippen LogP contribution >= 0.6 is 11.8 Å². The Morgan fingerprint density at radius 3 is 2.58 bits per heavy atom. The number of rotatable bonds is 7. The Balaban J connectivity index is 1.54. The fourth-order valence-corrected chi connectivity index (χ4v) is 3.11. The van der Waals surface area contributed by atoms with Crippen molar-refractivity contribution in [2.45, 2.75) is 11.7 Å². The summed E-state index contributed by atoms with van der Waals surface area (Å²) in [5.74, 6) is 1.79. The maximum absolute atomic E-state index is 12.3. The second-order valence-electron chi connectivity index (χ2n) is 5.72. The van der Waals surface area contributed by atoms with Crippen LogP contribution in [-0.2, 0) is 11.3 Å². The molecule has 2 aromatic carbocycles. The number of nitrogens with one attached hydrogen (secondary N) is 1. The summed E-state index contributed by atoms with van der Waals surface area (Å²) in [4.78, 5) is 18.4. The minimum Gasteiger partial charge on any atom is -0.497 e. The van der Waals surface area contributed by atoms with Gasteiger partial charge in [0.25, 0.3) is 0 Å². The molecule has 1 aromatic heterocycles. The second-order valence-corrected chi connectivity index (χ2v) is 6.66. The predicted octanol–water partition coefficient (Wildman–Crippen LogP) is 3.23. The van der Waals surface area contributed by atoms with Crippen molar-refractivity contribution in [2.24, 2.45) is 0 Å². The molecule has 0 aliphatic rings. The van der Waals surface area contributed by atoms with Crippen LogP contribution in [-0.4, -0.2) is 45.9 Å². The van der Waals surface area contributed by atoms with Crippen LogP contribution < -0.4 is 4.74 Å². The Morgan fingerprint density at radius 1 is 1.15 bits per heavy atom. The van der Waals surface area contributed by atoms with E-state index in [1.54, 1.807) is 19.1 Å². The average Bonchev–Trinajstić information content (AvgIpc) is 3.16. The molecule has 1 amide bonds. The molecule has 0 bridgehead atoms. The highest BCUT2D eigenvalue weighted by molar-refractivity contribution is 7.99. The number of hydrogen-bond acceptors (Lipinski definition) is 5. The number of benzene rings is 2. The number of aromatic nitrogens is 3. The molecular weight excluding hydrogens is 348 g/mol. The summed E-state index contributed by atoms with van der Waals surface area (Å²) < 4.78 is 5.15. The first-order chi connectivity index (χ1) is 12.7. The first-order valence-corrected chi connectivity index (χ1v) is 9.12. The zero-order valence-corrected chi connectivity index (χ0v) is 15.5. The van der Waals surface area contributed by atoms with Gasteiger partial charge in [0.2, 0.25) is 11.1 Å². The van der Waals surface area contributed by atoms with Crippen LogP contribution in [0.4, 0.5) is 0 Å². The van der Waals surface area contributed by atoms with E-state index < -0.39 is 0 Å². The normalized spacial score (nSPS) is 10.5. The zero-order chi connectivity index (χ0) is 18.4. The number of H-pyrrole nitrogens is 1. The minimum absolute atomic E-state index is 0.0367. The highest BCUT2D eigenvalue weighted by Crippen LogP contribution is 2.21. The molecule has 0 atom stereocenters. The molecular formula is C19H20N4O2S. The number of nitrogens with zero attached hydrogens (tertiary/aromatic N) is 3. The first-order valence-electron chi connectivity index (χ1n) is 8.13. The van der Waals surface area contributed by atoms with Crippen LogP contribution in [0.3, 0.4) is 0 Å². The van der Waals surface area contributed by atoms with Gasteiger partial charge in [0.15, 0.2) is 5.82 Å². The van der Waals surface area contributed by atoms with Crippen LogP contribution in [0.5, 0.6) is 5.75 Å². The Kier molecular flexibility index (Phi) is 5.91. The lowest BCUT2D eigenvalue weighted by atomic mass is 10.2. The van der Waals surface area contributed by atoms with E-state index in [1.807, 2.05) is 54.6 Å². The summed E-state index contributed by atoms with van der Waals surface area (Å²) in [5, 5.41) is 7.63. The largest absolute Gasteiger partial charge is 0.497 e. The molecule has 0 aliphatic heterocycles. The zero-order valence-electron chi connectivity index (χ0n) is 14.7. The van der Waals surface area contributed by atoms with Gasteiger partial charge in [0, 0.05) is 19.2 Å². The van der Waals surface area contributed by atoms with Crippen molar-refractivity contribution in [1.29, 1.82) is 0 Å². The lowest BCUT2D eigenvalue weighted by Crippen LogP contribution is -2.27. The van der Waals surface area contributed by atoms with E-state index in [-0.39, 0.29) is 5.91 Å². The molecule has 0 aliphatic carbocycles. The number of carbonyl (C=O) groups excluding carboxylic acids is 1. The Bertz CT molecular complexity index is 849. The smallest absolute Gasteiger partial charge is 0.233 e. The van der Waals surface area contributed by atoms with Crippen molar-refractivity contribution < 1.29 is 9.53 Å². The monoisotopic (exact) mass is 368 g/mol. The second kappa shape index (κ2) is 8.53. The summed E-state index contributed by atoms with van der Waals surface area (Å²) in [6, 6.07) is 17.5. The third kappa shape index (κ3) is 4.64. The fourth-order valence-electron chi connectivity index (χ4n) is 2.37. The molecule has 0 radical (unpaired) electrons. The molecule has 0 fully saturated rings. The van der Waals surface area contributed by atoms with Gasteiger partial charge in [-0.3, -0.25) is 9.89 Å². The number of thioether (sulfide) groups is 1. The number of aromatic amines is 1. The average molecular weight is 368 g/mol. The Labute approximate surface area is 156 Å². The number of ether oxygens (including phenoxy) is 1. The lowest BCUT2D eigenvalue weighted by molar-refractivity contribution is -0.127. The summed E-state index contributed by atoms with van der Waals surface area (Å²) >= 11 is 1.32. The van der Waals surface area contributed by atoms with Gasteiger partial charge in [-0.05, 0) is 29.8 Å². The molecule has 0 spiro atoms. The van der Waals surface area contributed by atoms with Gasteiger partial charge >= 0.3 is 0 Å². The molecule has 7 heteroatoms. The third-order valence-corrected chi connectivity index (χ3v) is 4.67. The predicted molar refractivity (Wildman–Crippen MR) is 102 cm³/mol. The lowest BCUT2D eigenvalue weighted by Gasteiger charge is -2.16. The van der Waals surface area contributed by atoms with Gasteiger partial charge in [0.1, 0.15) is 5.75 Å². The molecule has 1 heterocycles. The standard InChI is InChI=1S/C19H20N4O2S/c1-23(12-14-6-4-3-5-7-14)17(24)13-26-19-20-18(21-22-19)15-8-10-16(25-2)11-9-15/h3-11H,12-13H2,1-2H3,(H,20,21,22). The van der Waals surface area contributed by atoms with E-state index in [0.29, 0.717) is 23.3 Å². The number of carbonyl (C=O) groups is 1. The van der Waals surface area contributed by atoms with Crippen molar-refractivity contribution >= 4 is 17.7 Å². The molecule has 3 rings (SSSR count). The molecule has 134 valence electrons. The topological polar surface area (TPSA) is 71.1 Å². The van der Waals surface area contributed by atoms with Gasteiger partial charge in [-0.25, -0.2) is 4.98 Å². The van der Waals surface area contributed by atoms with Crippen molar-refractivity contribution in [3.8, 4) is 17.1 Å². The summed E-state index contributed by atoms with van der Waals surface area (Å²) in [6.45, 7) is 0.589. The number of hydrogen-bond donors (Lipinski definition) is 1. The molecule has 6 nitrogen and oxygen atoms in total. The van der Waals surface area contributed by atoms with Crippen molar-refractivity contribution in [3.63, 3.8) is 0 Å². The van der Waals surface area contributed by atoms with Gasteiger partial charge < -0.3 is 9.64 Å². The maximum Gasteiger partial charge on any atom is 0.233 e. The Hall–Kier alpha value is -2.80. The van der Waals surface area contributed by atoms with Gasteiger partial charge in [-0.15, -0.1) is 5.10 Å². The van der Waals surface area contributed by atoms with E-state index in [0.717, 1.165) is 16.9 Å². The van der Waals surface area contributed by atoms with Crippen molar-refractivity contribution in [2.75, 3.05) is 19.9 Å². The van der Waals surface area contributed by atoms with Crippen LogP contribution in [0.15, 0.2) is 59.8 Å². The van der Waals surface area contributed by atoms with E-state index in [1.165, 1.54) is 11.8 Å². The maximum atomic E-state index is 12.3. The number of amides is 1. The minimum atomic E-state index is 0.0367. The fraction of sp³-hybridized carbons (Fsp3) is 0.211. The molecule has 0 unspecified atom stereocenters. The van der Waals surface area contributed by atoms with E-state index in [9.17, 15) is 4.79 Å². The van der Waals surface area contributed by atoms with E-state index in [4.69, 9.17) is 4.74 Å². The highest BCUT2D eigenvalue weighted by atomic mass is 32.2. The molecule has 26 heavy (non-hydrogen) atoms. The van der Waals surface area contributed by atoms with E-state index >= 15 is 0 Å². The molecule has 0 saturated heterocycles. The summed E-state index contributed by atoms with van der Waals surface area (Å²) in [6.07, 6.45) is 0. The molecule has 3 aromatic rings. The summed E-state index contributed by atoms with van der Waals surface area (Å²) in [7, 11) is 3.43. The SMILES string of the molecule is COc1ccc(-c2nc(SCC(=O)N(C)Cc3ccccc3)n[nH]2)cc1. The molecule has 0 saturated carbocycles. The highest BCUT2D eigenvalue weighted by Gasteiger charge is 2.12. The Morgan fingerprint density at radius 2 is 1.88 bits per heavy atom. The van der Waals surface area contributed by atoms with Crippen molar-refractivity contribution in [1.82, 2.24) is 20.1 Å². The first kappa shape index (κ1) is 18.0. The van der Waals surface area contributed by atoms with Gasteiger partial charge in [-0.1, -0.05) is 42.1 Å². The van der Waals surface area contributed by atoms with Gasteiger partial charge in [0.05, 0.1) is 12.9 Å². The van der Waals surface area contributed by atoms with Gasteiger partial charge in [-0.2, -0.15) is 0 Å². The third-order valence-electron chi connectivity index (χ3n) is 3.84. The quantitative estimate of drug-likeness (QED) is 0.648. The van der Waals surface area contributed by atoms with Crippen LogP contribution in [0.1, 0.15) is 5.56 Å². The number of methoxy groups -OCH3 is 1. The van der Waals surface area contributed by atoms with Crippen LogP contribution in [0.25, 0.3) is 11.4 Å². The van der Waals surface area contributed by atoms with Crippen LogP contribution in [0, 0.1) is 0 Å². The summed E-state index contributed by atoms with van der Waals surface area (Å²) in [5.41, 5.74) is 2.02. The van der Waals surface area contributed by atoms with E-state index in [2.05, 4.69) is 15.2 Å². The molecule has 1 N–H and O–H groups in total. The van der Waals surface area contributed by atoms with Crippen LogP contribution in [0.2, 0.25) is 0 Å².